The molecule has 1 aromatic heterocycles. The number of aryl methyl sites for hydroxylation is 1. The second kappa shape index (κ2) is 2.51. The molecule has 0 spiro atoms. The van der Waals surface area contributed by atoms with Crippen LogP contribution in [0.2, 0.25) is 0 Å². The molecule has 2 nitrogen and oxygen atoms in total. The lowest BCUT2D eigenvalue weighted by molar-refractivity contribution is 1.19. The highest BCUT2D eigenvalue weighted by Gasteiger charge is 1.92. The zero-order chi connectivity index (χ0) is 6.85. The first-order valence-electron chi connectivity index (χ1n) is 2.58. The van der Waals surface area contributed by atoms with Crippen molar-refractivity contribution in [2.24, 2.45) is 0 Å². The summed E-state index contributed by atoms with van der Waals surface area (Å²) in [6.45, 7) is 1.95. The van der Waals surface area contributed by atoms with Crippen LogP contribution in [0.1, 0.15) is 5.69 Å². The first-order valence-corrected chi connectivity index (χ1v) is 3.65. The van der Waals surface area contributed by atoms with Gasteiger partial charge < -0.3 is 5.73 Å². The standard InChI is InChI=1S/C6H7IN2/c1-4-2-5(7)6(8)3-9-4/h2-3H,8H2,1H3. The van der Waals surface area contributed by atoms with Crippen molar-refractivity contribution in [1.29, 1.82) is 0 Å². The maximum Gasteiger partial charge on any atom is 0.0636 e. The van der Waals surface area contributed by atoms with E-state index >= 15 is 0 Å². The summed E-state index contributed by atoms with van der Waals surface area (Å²) in [5, 5.41) is 0. The minimum Gasteiger partial charge on any atom is -0.397 e. The van der Waals surface area contributed by atoms with Gasteiger partial charge in [0, 0.05) is 9.26 Å². The number of hydrogen-bond donors (Lipinski definition) is 1. The molecule has 1 rings (SSSR count). The van der Waals surface area contributed by atoms with Crippen LogP contribution in [0, 0.1) is 10.5 Å². The molecule has 9 heavy (non-hydrogen) atoms. The fraction of sp³-hybridized carbons (Fsp3) is 0.167. The molecule has 2 N–H and O–H groups in total. The van der Waals surface area contributed by atoms with E-state index in [2.05, 4.69) is 27.6 Å². The van der Waals surface area contributed by atoms with Crippen LogP contribution in [0.15, 0.2) is 12.3 Å². The lowest BCUT2D eigenvalue weighted by Crippen LogP contribution is -1.91. The van der Waals surface area contributed by atoms with Gasteiger partial charge in [0.2, 0.25) is 0 Å². The van der Waals surface area contributed by atoms with E-state index in [1.165, 1.54) is 0 Å². The van der Waals surface area contributed by atoms with E-state index in [1.54, 1.807) is 6.20 Å². The SMILES string of the molecule is Cc1cc(I)c(N)cn1. The lowest BCUT2D eigenvalue weighted by atomic mass is 10.4. The van der Waals surface area contributed by atoms with Gasteiger partial charge in [-0.2, -0.15) is 0 Å². The lowest BCUT2D eigenvalue weighted by Gasteiger charge is -1.95. The maximum absolute atomic E-state index is 5.52. The first kappa shape index (κ1) is 6.80. The molecule has 0 saturated heterocycles. The highest BCUT2D eigenvalue weighted by molar-refractivity contribution is 14.1. The highest BCUT2D eigenvalue weighted by Crippen LogP contribution is 2.12. The summed E-state index contributed by atoms with van der Waals surface area (Å²) >= 11 is 2.18. The molecule has 0 aliphatic rings. The Kier molecular flexibility index (Phi) is 1.90. The second-order valence-corrected chi connectivity index (χ2v) is 3.01. The van der Waals surface area contributed by atoms with Gasteiger partial charge in [0.25, 0.3) is 0 Å². The summed E-state index contributed by atoms with van der Waals surface area (Å²) in [4.78, 5) is 4.01. The van der Waals surface area contributed by atoms with E-state index in [0.29, 0.717) is 0 Å². The van der Waals surface area contributed by atoms with Crippen LogP contribution in [0.3, 0.4) is 0 Å². The van der Waals surface area contributed by atoms with E-state index in [1.807, 2.05) is 13.0 Å². The number of aromatic nitrogens is 1. The molecule has 0 fully saturated rings. The van der Waals surface area contributed by atoms with Crippen molar-refractivity contribution < 1.29 is 0 Å². The van der Waals surface area contributed by atoms with Crippen molar-refractivity contribution >= 4 is 28.3 Å². The van der Waals surface area contributed by atoms with Gasteiger partial charge in [-0.1, -0.05) is 0 Å². The average molecular weight is 234 g/mol. The van der Waals surface area contributed by atoms with Crippen molar-refractivity contribution in [2.75, 3.05) is 5.73 Å². The number of rotatable bonds is 0. The Labute approximate surface area is 67.6 Å². The van der Waals surface area contributed by atoms with Crippen LogP contribution in [-0.2, 0) is 0 Å². The van der Waals surface area contributed by atoms with Gasteiger partial charge in [-0.05, 0) is 35.6 Å². The van der Waals surface area contributed by atoms with Crippen LogP contribution in [-0.4, -0.2) is 4.98 Å². The molecule has 1 heterocycles. The highest BCUT2D eigenvalue weighted by atomic mass is 127. The van der Waals surface area contributed by atoms with Gasteiger partial charge in [0.1, 0.15) is 0 Å². The number of halogens is 1. The summed E-state index contributed by atoms with van der Waals surface area (Å²) in [5.74, 6) is 0. The quantitative estimate of drug-likeness (QED) is 0.692. The van der Waals surface area contributed by atoms with Gasteiger partial charge >= 0.3 is 0 Å². The minimum absolute atomic E-state index is 0.751. The molecule has 0 aliphatic heterocycles. The monoisotopic (exact) mass is 234 g/mol. The molecule has 1 aromatic rings. The minimum atomic E-state index is 0.751. The normalized spacial score (nSPS) is 9.56. The third-order valence-corrected chi connectivity index (χ3v) is 1.95. The molecule has 0 amide bonds. The third kappa shape index (κ3) is 1.54. The maximum atomic E-state index is 5.52. The van der Waals surface area contributed by atoms with E-state index in [0.717, 1.165) is 15.0 Å². The zero-order valence-corrected chi connectivity index (χ0v) is 7.21. The fourth-order valence-electron chi connectivity index (χ4n) is 0.537. The summed E-state index contributed by atoms with van der Waals surface area (Å²) in [6, 6.07) is 1.95. The van der Waals surface area contributed by atoms with Crippen molar-refractivity contribution in [3.63, 3.8) is 0 Å². The van der Waals surface area contributed by atoms with E-state index in [9.17, 15) is 0 Å². The van der Waals surface area contributed by atoms with Crippen LogP contribution < -0.4 is 5.73 Å². The van der Waals surface area contributed by atoms with Gasteiger partial charge in [-0.25, -0.2) is 0 Å². The molecule has 0 atom stereocenters. The summed E-state index contributed by atoms with van der Waals surface area (Å²) < 4.78 is 1.07. The Morgan fingerprint density at radius 3 is 2.78 bits per heavy atom. The van der Waals surface area contributed by atoms with Gasteiger partial charge in [-0.3, -0.25) is 4.98 Å². The van der Waals surface area contributed by atoms with Gasteiger partial charge in [-0.15, -0.1) is 0 Å². The molecular formula is C6H7IN2. The van der Waals surface area contributed by atoms with Crippen LogP contribution in [0.25, 0.3) is 0 Å². The molecule has 48 valence electrons. The Bertz CT molecular complexity index is 222. The predicted octanol–water partition coefficient (Wildman–Crippen LogP) is 1.58. The summed E-state index contributed by atoms with van der Waals surface area (Å²) in [6.07, 6.45) is 1.68. The van der Waals surface area contributed by atoms with Crippen molar-refractivity contribution in [3.05, 3.63) is 21.5 Å². The number of hydrogen-bond acceptors (Lipinski definition) is 2. The number of nitrogen functional groups attached to an aromatic ring is 1. The predicted molar refractivity (Wildman–Crippen MR) is 46.1 cm³/mol. The largest absolute Gasteiger partial charge is 0.397 e. The van der Waals surface area contributed by atoms with Crippen LogP contribution in [0.4, 0.5) is 5.69 Å². The molecule has 0 aliphatic carbocycles. The van der Waals surface area contributed by atoms with E-state index in [-0.39, 0.29) is 0 Å². The first-order chi connectivity index (χ1) is 4.20. The average Bonchev–Trinajstić information content (AvgIpc) is 1.80. The molecule has 0 bridgehead atoms. The topological polar surface area (TPSA) is 38.9 Å². The van der Waals surface area contributed by atoms with Gasteiger partial charge in [0.05, 0.1) is 11.9 Å². The van der Waals surface area contributed by atoms with Crippen molar-refractivity contribution in [3.8, 4) is 0 Å². The molecule has 3 heteroatoms. The van der Waals surface area contributed by atoms with Gasteiger partial charge in [0.15, 0.2) is 0 Å². The molecular weight excluding hydrogens is 227 g/mol. The van der Waals surface area contributed by atoms with Crippen LogP contribution in [0.5, 0.6) is 0 Å². The van der Waals surface area contributed by atoms with Crippen molar-refractivity contribution in [2.45, 2.75) is 6.92 Å². The second-order valence-electron chi connectivity index (χ2n) is 1.85. The third-order valence-electron chi connectivity index (χ3n) is 1.02. The Balaban J connectivity index is 3.17. The molecule has 0 saturated carbocycles. The van der Waals surface area contributed by atoms with E-state index < -0.39 is 0 Å². The summed E-state index contributed by atoms with van der Waals surface area (Å²) in [7, 11) is 0. The smallest absolute Gasteiger partial charge is 0.0636 e. The Hall–Kier alpha value is -0.320. The fourth-order valence-corrected chi connectivity index (χ4v) is 1.13. The van der Waals surface area contributed by atoms with E-state index in [4.69, 9.17) is 5.73 Å². The number of nitrogens with two attached hydrogens (primary N) is 1. The number of nitrogens with zero attached hydrogens (tertiary/aromatic N) is 1. The zero-order valence-electron chi connectivity index (χ0n) is 5.06. The molecule has 0 radical (unpaired) electrons. The Morgan fingerprint density at radius 2 is 2.33 bits per heavy atom. The molecule has 0 unspecified atom stereocenters. The number of anilines is 1. The van der Waals surface area contributed by atoms with Crippen LogP contribution >= 0.6 is 22.6 Å². The summed E-state index contributed by atoms with van der Waals surface area (Å²) in [5.41, 5.74) is 7.28. The Morgan fingerprint density at radius 1 is 1.67 bits per heavy atom. The number of pyridine rings is 1. The van der Waals surface area contributed by atoms with Crippen molar-refractivity contribution in [1.82, 2.24) is 4.98 Å². The molecule has 0 aromatic carbocycles.